The van der Waals surface area contributed by atoms with Crippen molar-refractivity contribution in [3.63, 3.8) is 0 Å². The van der Waals surface area contributed by atoms with E-state index >= 15 is 0 Å². The van der Waals surface area contributed by atoms with E-state index in [9.17, 15) is 23.3 Å². The second-order valence-corrected chi connectivity index (χ2v) is 9.18. The van der Waals surface area contributed by atoms with E-state index in [-0.39, 0.29) is 42.7 Å². The molecule has 1 heterocycles. The molecule has 0 aromatic heterocycles. The standard InChI is InChI=1S/C19H17Cl2N3O5S/c20-17-6-1-3-14(19(17)21)7-8-18(25)22-9-11-23(12-10-22)30(28,29)16-5-2-4-15(13-16)24(26)27/h1-8,13H,9-12H2/b8-7+. The summed E-state index contributed by atoms with van der Waals surface area (Å²) in [5, 5.41) is 11.6. The van der Waals surface area contributed by atoms with Crippen molar-refractivity contribution in [2.75, 3.05) is 26.2 Å². The molecule has 2 aromatic carbocycles. The van der Waals surface area contributed by atoms with E-state index in [0.717, 1.165) is 6.07 Å². The predicted molar refractivity (Wildman–Crippen MR) is 114 cm³/mol. The molecule has 0 bridgehead atoms. The number of halogens is 2. The lowest BCUT2D eigenvalue weighted by Gasteiger charge is -2.33. The Balaban J connectivity index is 1.66. The second-order valence-electron chi connectivity index (χ2n) is 6.46. The average molecular weight is 470 g/mol. The molecule has 2 aromatic rings. The number of amides is 1. The first-order chi connectivity index (χ1) is 14.2. The van der Waals surface area contributed by atoms with E-state index in [2.05, 4.69) is 0 Å². The maximum Gasteiger partial charge on any atom is 0.270 e. The van der Waals surface area contributed by atoms with Crippen LogP contribution in [0.3, 0.4) is 0 Å². The number of nitro benzene ring substituents is 1. The smallest absolute Gasteiger partial charge is 0.270 e. The molecule has 3 rings (SSSR count). The van der Waals surface area contributed by atoms with E-state index in [4.69, 9.17) is 23.2 Å². The second kappa shape index (κ2) is 9.13. The lowest BCUT2D eigenvalue weighted by molar-refractivity contribution is -0.385. The molecule has 0 radical (unpaired) electrons. The van der Waals surface area contributed by atoms with Crippen LogP contribution in [0.15, 0.2) is 53.4 Å². The van der Waals surface area contributed by atoms with Gasteiger partial charge in [0.05, 0.1) is 19.9 Å². The Hall–Kier alpha value is -2.46. The number of carbonyl (C=O) groups is 1. The highest BCUT2D eigenvalue weighted by atomic mass is 35.5. The van der Waals surface area contributed by atoms with Gasteiger partial charge in [0, 0.05) is 44.4 Å². The number of carbonyl (C=O) groups excluding carboxylic acids is 1. The fraction of sp³-hybridized carbons (Fsp3) is 0.211. The predicted octanol–water partition coefficient (Wildman–Crippen LogP) is 3.45. The maximum atomic E-state index is 12.8. The van der Waals surface area contributed by atoms with Gasteiger partial charge in [-0.3, -0.25) is 14.9 Å². The first-order valence-corrected chi connectivity index (χ1v) is 11.1. The Morgan fingerprint density at radius 1 is 1.07 bits per heavy atom. The molecule has 8 nitrogen and oxygen atoms in total. The number of rotatable bonds is 5. The summed E-state index contributed by atoms with van der Waals surface area (Å²) in [5.74, 6) is -0.279. The van der Waals surface area contributed by atoms with Gasteiger partial charge in [-0.25, -0.2) is 8.42 Å². The van der Waals surface area contributed by atoms with Crippen molar-refractivity contribution in [3.8, 4) is 0 Å². The van der Waals surface area contributed by atoms with E-state index in [1.807, 2.05) is 0 Å². The van der Waals surface area contributed by atoms with Crippen LogP contribution in [-0.2, 0) is 14.8 Å². The van der Waals surface area contributed by atoms with Gasteiger partial charge in [0.1, 0.15) is 0 Å². The zero-order valence-electron chi connectivity index (χ0n) is 15.6. The Labute approximate surface area is 183 Å². The van der Waals surface area contributed by atoms with Crippen molar-refractivity contribution >= 4 is 50.9 Å². The molecule has 1 fully saturated rings. The Morgan fingerprint density at radius 3 is 2.40 bits per heavy atom. The Kier molecular flexibility index (Phi) is 6.77. The quantitative estimate of drug-likeness (QED) is 0.379. The number of hydrogen-bond donors (Lipinski definition) is 0. The van der Waals surface area contributed by atoms with Crippen LogP contribution < -0.4 is 0 Å². The third kappa shape index (κ3) is 4.81. The monoisotopic (exact) mass is 469 g/mol. The molecule has 11 heteroatoms. The lowest BCUT2D eigenvalue weighted by atomic mass is 10.2. The summed E-state index contributed by atoms with van der Waals surface area (Å²) < 4.78 is 26.8. The van der Waals surface area contributed by atoms with Gasteiger partial charge in [-0.15, -0.1) is 0 Å². The third-order valence-electron chi connectivity index (χ3n) is 4.60. The van der Waals surface area contributed by atoms with E-state index in [0.29, 0.717) is 15.6 Å². The van der Waals surface area contributed by atoms with Crippen molar-refractivity contribution in [3.05, 3.63) is 74.3 Å². The van der Waals surface area contributed by atoms with Gasteiger partial charge in [-0.1, -0.05) is 41.4 Å². The number of sulfonamides is 1. The normalized spacial score (nSPS) is 15.5. The molecule has 0 atom stereocenters. The minimum atomic E-state index is -3.89. The van der Waals surface area contributed by atoms with Crippen LogP contribution >= 0.6 is 23.2 Å². The van der Waals surface area contributed by atoms with Crippen LogP contribution in [0.5, 0.6) is 0 Å². The molecule has 158 valence electrons. The molecular formula is C19H17Cl2N3O5S. The van der Waals surface area contributed by atoms with Crippen LogP contribution in [0.4, 0.5) is 5.69 Å². The molecular weight excluding hydrogens is 453 g/mol. The van der Waals surface area contributed by atoms with Gasteiger partial charge in [0.2, 0.25) is 15.9 Å². The van der Waals surface area contributed by atoms with Crippen LogP contribution in [0.25, 0.3) is 6.08 Å². The SMILES string of the molecule is O=C(/C=C/c1cccc(Cl)c1Cl)N1CCN(S(=O)(=O)c2cccc([N+](=O)[O-])c2)CC1. The fourth-order valence-corrected chi connectivity index (χ4v) is 4.80. The first-order valence-electron chi connectivity index (χ1n) is 8.86. The van der Waals surface area contributed by atoms with Crippen LogP contribution in [-0.4, -0.2) is 54.6 Å². The fourth-order valence-electron chi connectivity index (χ4n) is 2.97. The molecule has 0 spiro atoms. The van der Waals surface area contributed by atoms with Gasteiger partial charge in [-0.2, -0.15) is 4.31 Å². The number of nitrogens with zero attached hydrogens (tertiary/aromatic N) is 3. The van der Waals surface area contributed by atoms with E-state index in [1.54, 1.807) is 24.3 Å². The van der Waals surface area contributed by atoms with E-state index in [1.165, 1.54) is 33.5 Å². The number of hydrogen-bond acceptors (Lipinski definition) is 5. The zero-order valence-corrected chi connectivity index (χ0v) is 17.9. The van der Waals surface area contributed by atoms with Gasteiger partial charge < -0.3 is 4.90 Å². The molecule has 0 aliphatic carbocycles. The van der Waals surface area contributed by atoms with Crippen molar-refractivity contribution in [1.82, 2.24) is 9.21 Å². The topological polar surface area (TPSA) is 101 Å². The van der Waals surface area contributed by atoms with Crippen LogP contribution in [0.2, 0.25) is 10.0 Å². The minimum absolute atomic E-state index is 0.0858. The first kappa shape index (κ1) is 22.2. The highest BCUT2D eigenvalue weighted by molar-refractivity contribution is 7.89. The van der Waals surface area contributed by atoms with Gasteiger partial charge in [0.15, 0.2) is 0 Å². The number of piperazine rings is 1. The molecule has 1 aliphatic heterocycles. The summed E-state index contributed by atoms with van der Waals surface area (Å²) in [7, 11) is -3.89. The molecule has 1 aliphatic rings. The highest BCUT2D eigenvalue weighted by Gasteiger charge is 2.30. The van der Waals surface area contributed by atoms with Crippen molar-refractivity contribution in [2.45, 2.75) is 4.90 Å². The summed E-state index contributed by atoms with van der Waals surface area (Å²) in [4.78, 5) is 24.1. The summed E-state index contributed by atoms with van der Waals surface area (Å²) in [6.45, 7) is 0.562. The largest absolute Gasteiger partial charge is 0.337 e. The van der Waals surface area contributed by atoms with Gasteiger partial charge >= 0.3 is 0 Å². The summed E-state index contributed by atoms with van der Waals surface area (Å²) in [6.07, 6.45) is 2.92. The molecule has 1 saturated heterocycles. The number of non-ortho nitro benzene ring substituents is 1. The molecule has 1 amide bonds. The summed E-state index contributed by atoms with van der Waals surface area (Å²) >= 11 is 12.1. The molecule has 30 heavy (non-hydrogen) atoms. The van der Waals surface area contributed by atoms with Gasteiger partial charge in [-0.05, 0) is 23.8 Å². The Morgan fingerprint density at radius 2 is 1.73 bits per heavy atom. The zero-order chi connectivity index (χ0) is 21.9. The molecule has 0 saturated carbocycles. The third-order valence-corrected chi connectivity index (χ3v) is 7.33. The maximum absolute atomic E-state index is 12.8. The summed E-state index contributed by atoms with van der Waals surface area (Å²) in [6, 6.07) is 9.99. The number of nitro groups is 1. The summed E-state index contributed by atoms with van der Waals surface area (Å²) in [5.41, 5.74) is 0.305. The van der Waals surface area contributed by atoms with Crippen molar-refractivity contribution < 1.29 is 18.1 Å². The average Bonchev–Trinajstić information content (AvgIpc) is 2.74. The van der Waals surface area contributed by atoms with E-state index < -0.39 is 14.9 Å². The van der Waals surface area contributed by atoms with Crippen LogP contribution in [0.1, 0.15) is 5.56 Å². The van der Waals surface area contributed by atoms with Gasteiger partial charge in [0.25, 0.3) is 5.69 Å². The molecule has 0 unspecified atom stereocenters. The Bertz CT molecular complexity index is 1110. The van der Waals surface area contributed by atoms with Crippen molar-refractivity contribution in [2.24, 2.45) is 0 Å². The number of benzene rings is 2. The van der Waals surface area contributed by atoms with Crippen LogP contribution in [0, 0.1) is 10.1 Å². The minimum Gasteiger partial charge on any atom is -0.337 e. The molecule has 0 N–H and O–H groups in total. The van der Waals surface area contributed by atoms with Crippen molar-refractivity contribution in [1.29, 1.82) is 0 Å². The lowest BCUT2D eigenvalue weighted by Crippen LogP contribution is -2.50. The highest BCUT2D eigenvalue weighted by Crippen LogP contribution is 2.26.